The number of aliphatic hydroxyl groups is 1. The second-order valence-corrected chi connectivity index (χ2v) is 7.62. The first-order chi connectivity index (χ1) is 14.7. The van der Waals surface area contributed by atoms with Crippen molar-refractivity contribution in [2.75, 3.05) is 23.4 Å². The summed E-state index contributed by atoms with van der Waals surface area (Å²) in [5, 5.41) is 13.0. The highest BCUT2D eigenvalue weighted by Crippen LogP contribution is 2.24. The molecule has 1 saturated heterocycles. The molecular formula is C23H27N5O2. The molecule has 156 valence electrons. The largest absolute Gasteiger partial charge is 0.394 e. The van der Waals surface area contributed by atoms with E-state index in [-0.39, 0.29) is 18.2 Å². The average molecular weight is 406 g/mol. The van der Waals surface area contributed by atoms with Crippen molar-refractivity contribution >= 4 is 11.6 Å². The van der Waals surface area contributed by atoms with Gasteiger partial charge >= 0.3 is 0 Å². The highest BCUT2D eigenvalue weighted by Gasteiger charge is 2.23. The summed E-state index contributed by atoms with van der Waals surface area (Å²) >= 11 is 0. The van der Waals surface area contributed by atoms with Crippen molar-refractivity contribution in [2.24, 2.45) is 0 Å². The van der Waals surface area contributed by atoms with Gasteiger partial charge in [-0.05, 0) is 36.5 Å². The van der Waals surface area contributed by atoms with E-state index in [1.165, 1.54) is 0 Å². The standard InChI is InChI=1S/C23H27N5O2/c29-16-20-5-1-4-12-28(20)22-13-21(25-17-26-22)24-14-18-7-9-19(10-8-18)15-27-11-3-2-6-23(27)30/h2-3,6-11,13,17,20,29H,1,4-5,12,14-16H2,(H,24,25,26). The Labute approximate surface area is 176 Å². The van der Waals surface area contributed by atoms with E-state index in [1.54, 1.807) is 29.2 Å². The molecule has 1 aromatic carbocycles. The summed E-state index contributed by atoms with van der Waals surface area (Å²) in [6.07, 6.45) is 6.62. The van der Waals surface area contributed by atoms with Crippen LogP contribution in [0.25, 0.3) is 0 Å². The molecule has 0 saturated carbocycles. The lowest BCUT2D eigenvalue weighted by atomic mass is 10.0. The predicted molar refractivity (Wildman–Crippen MR) is 118 cm³/mol. The molecule has 4 rings (SSSR count). The van der Waals surface area contributed by atoms with Crippen LogP contribution in [0.1, 0.15) is 30.4 Å². The minimum Gasteiger partial charge on any atom is -0.394 e. The SMILES string of the molecule is O=c1ccccn1Cc1ccc(CNc2cc(N3CCCCC3CO)ncn2)cc1. The maximum Gasteiger partial charge on any atom is 0.250 e. The van der Waals surface area contributed by atoms with E-state index in [0.717, 1.165) is 48.6 Å². The fraction of sp³-hybridized carbons (Fsp3) is 0.348. The summed E-state index contributed by atoms with van der Waals surface area (Å²) in [5.74, 6) is 1.62. The molecule has 2 aromatic heterocycles. The molecule has 7 nitrogen and oxygen atoms in total. The number of piperidine rings is 1. The van der Waals surface area contributed by atoms with Crippen LogP contribution >= 0.6 is 0 Å². The number of benzene rings is 1. The van der Waals surface area contributed by atoms with Crippen LogP contribution in [0.2, 0.25) is 0 Å². The van der Waals surface area contributed by atoms with Gasteiger partial charge in [0.2, 0.25) is 0 Å². The fourth-order valence-corrected chi connectivity index (χ4v) is 3.84. The van der Waals surface area contributed by atoms with E-state index >= 15 is 0 Å². The van der Waals surface area contributed by atoms with E-state index in [2.05, 4.69) is 32.3 Å². The van der Waals surface area contributed by atoms with Crippen molar-refractivity contribution in [3.05, 3.63) is 82.5 Å². The summed E-state index contributed by atoms with van der Waals surface area (Å²) in [4.78, 5) is 22.8. The number of nitrogens with one attached hydrogen (secondary N) is 1. The Kier molecular flexibility index (Phi) is 6.39. The van der Waals surface area contributed by atoms with Gasteiger partial charge < -0.3 is 19.9 Å². The van der Waals surface area contributed by atoms with Gasteiger partial charge in [-0.3, -0.25) is 4.79 Å². The van der Waals surface area contributed by atoms with E-state index in [4.69, 9.17) is 0 Å². The number of hydrogen-bond donors (Lipinski definition) is 2. The molecule has 0 amide bonds. The van der Waals surface area contributed by atoms with E-state index in [9.17, 15) is 9.90 Å². The van der Waals surface area contributed by atoms with Gasteiger partial charge in [0.1, 0.15) is 18.0 Å². The zero-order chi connectivity index (χ0) is 20.8. The molecule has 30 heavy (non-hydrogen) atoms. The van der Waals surface area contributed by atoms with Gasteiger partial charge in [-0.25, -0.2) is 9.97 Å². The highest BCUT2D eigenvalue weighted by atomic mass is 16.3. The molecule has 7 heteroatoms. The lowest BCUT2D eigenvalue weighted by Crippen LogP contribution is -2.42. The second-order valence-electron chi connectivity index (χ2n) is 7.62. The van der Waals surface area contributed by atoms with Crippen LogP contribution in [-0.2, 0) is 13.1 Å². The lowest BCUT2D eigenvalue weighted by molar-refractivity contribution is 0.239. The van der Waals surface area contributed by atoms with Gasteiger partial charge in [0, 0.05) is 31.4 Å². The molecule has 1 fully saturated rings. The Morgan fingerprint density at radius 2 is 1.90 bits per heavy atom. The van der Waals surface area contributed by atoms with Gasteiger partial charge in [-0.2, -0.15) is 0 Å². The van der Waals surface area contributed by atoms with Gasteiger partial charge in [0.25, 0.3) is 5.56 Å². The Morgan fingerprint density at radius 1 is 1.07 bits per heavy atom. The molecular weight excluding hydrogens is 378 g/mol. The Hall–Kier alpha value is -3.19. The topological polar surface area (TPSA) is 83.3 Å². The third-order valence-corrected chi connectivity index (χ3v) is 5.53. The molecule has 1 unspecified atom stereocenters. The molecule has 3 aromatic rings. The molecule has 3 heterocycles. The van der Waals surface area contributed by atoms with Gasteiger partial charge in [-0.1, -0.05) is 30.3 Å². The van der Waals surface area contributed by atoms with Crippen molar-refractivity contribution in [2.45, 2.75) is 38.4 Å². The molecule has 1 aliphatic heterocycles. The summed E-state index contributed by atoms with van der Waals surface area (Å²) in [7, 11) is 0. The first-order valence-electron chi connectivity index (χ1n) is 10.4. The van der Waals surface area contributed by atoms with Crippen LogP contribution in [0.3, 0.4) is 0 Å². The number of hydrogen-bond acceptors (Lipinski definition) is 6. The molecule has 0 bridgehead atoms. The van der Waals surface area contributed by atoms with Crippen LogP contribution in [0.4, 0.5) is 11.6 Å². The molecule has 0 aliphatic carbocycles. The molecule has 0 spiro atoms. The summed E-state index contributed by atoms with van der Waals surface area (Å²) in [6, 6.07) is 15.5. The third-order valence-electron chi connectivity index (χ3n) is 5.53. The fourth-order valence-electron chi connectivity index (χ4n) is 3.84. The van der Waals surface area contributed by atoms with Crippen molar-refractivity contribution in [3.8, 4) is 0 Å². The number of anilines is 2. The summed E-state index contributed by atoms with van der Waals surface area (Å²) in [6.45, 7) is 2.26. The molecule has 0 radical (unpaired) electrons. The summed E-state index contributed by atoms with van der Waals surface area (Å²) < 4.78 is 1.69. The van der Waals surface area contributed by atoms with Crippen molar-refractivity contribution < 1.29 is 5.11 Å². The van der Waals surface area contributed by atoms with Crippen LogP contribution in [0.5, 0.6) is 0 Å². The Morgan fingerprint density at radius 3 is 2.70 bits per heavy atom. The first kappa shape index (κ1) is 20.1. The van der Waals surface area contributed by atoms with Gasteiger partial charge in [-0.15, -0.1) is 0 Å². The van der Waals surface area contributed by atoms with E-state index < -0.39 is 0 Å². The van der Waals surface area contributed by atoms with Crippen LogP contribution in [0.15, 0.2) is 65.8 Å². The Bertz CT molecular complexity index is 1020. The number of pyridine rings is 1. The number of rotatable bonds is 7. The zero-order valence-electron chi connectivity index (χ0n) is 16.9. The highest BCUT2D eigenvalue weighted by molar-refractivity contribution is 5.49. The number of aliphatic hydroxyl groups excluding tert-OH is 1. The van der Waals surface area contributed by atoms with Gasteiger partial charge in [0.05, 0.1) is 19.2 Å². The van der Waals surface area contributed by atoms with Crippen molar-refractivity contribution in [3.63, 3.8) is 0 Å². The maximum absolute atomic E-state index is 11.9. The number of nitrogens with zero attached hydrogens (tertiary/aromatic N) is 4. The van der Waals surface area contributed by atoms with E-state index in [0.29, 0.717) is 13.1 Å². The normalized spacial score (nSPS) is 16.4. The molecule has 1 aliphatic rings. The van der Waals surface area contributed by atoms with Crippen LogP contribution in [-0.4, -0.2) is 38.8 Å². The van der Waals surface area contributed by atoms with Gasteiger partial charge in [0.15, 0.2) is 0 Å². The average Bonchev–Trinajstić information content (AvgIpc) is 2.80. The smallest absolute Gasteiger partial charge is 0.250 e. The maximum atomic E-state index is 11.9. The second kappa shape index (κ2) is 9.54. The molecule has 1 atom stereocenters. The van der Waals surface area contributed by atoms with Crippen molar-refractivity contribution in [1.29, 1.82) is 0 Å². The zero-order valence-corrected chi connectivity index (χ0v) is 16.9. The monoisotopic (exact) mass is 405 g/mol. The minimum atomic E-state index is -0.0000450. The third kappa shape index (κ3) is 4.86. The molecule has 2 N–H and O–H groups in total. The first-order valence-corrected chi connectivity index (χ1v) is 10.4. The minimum absolute atomic E-state index is 0.0000450. The van der Waals surface area contributed by atoms with E-state index in [1.807, 2.05) is 24.3 Å². The lowest BCUT2D eigenvalue weighted by Gasteiger charge is -2.35. The van der Waals surface area contributed by atoms with Crippen molar-refractivity contribution in [1.82, 2.24) is 14.5 Å². The van der Waals surface area contributed by atoms with Crippen LogP contribution in [0, 0.1) is 0 Å². The van der Waals surface area contributed by atoms with Crippen LogP contribution < -0.4 is 15.8 Å². The summed E-state index contributed by atoms with van der Waals surface area (Å²) in [5.41, 5.74) is 2.21. The predicted octanol–water partition coefficient (Wildman–Crippen LogP) is 2.65. The quantitative estimate of drug-likeness (QED) is 0.629. The number of aromatic nitrogens is 3. The Balaban J connectivity index is 1.38.